The Morgan fingerprint density at radius 1 is 1.25 bits per heavy atom. The number of carbonyl (C=O) groups excluding carboxylic acids is 1. The zero-order valence-electron chi connectivity index (χ0n) is 16.8. The summed E-state index contributed by atoms with van der Waals surface area (Å²) >= 11 is 0. The molecule has 4 atom stereocenters. The number of rotatable bonds is 3. The maximum absolute atomic E-state index is 13.8. The first-order chi connectivity index (χ1) is 13.1. The number of aromatic nitrogens is 1. The lowest BCUT2D eigenvalue weighted by atomic mass is 9.87. The van der Waals surface area contributed by atoms with Gasteiger partial charge in [0.25, 0.3) is 0 Å². The van der Waals surface area contributed by atoms with Crippen molar-refractivity contribution in [3.05, 3.63) is 41.8 Å². The Morgan fingerprint density at radius 2 is 1.93 bits per heavy atom. The minimum Gasteiger partial charge on any atom is -0.389 e. The fourth-order valence-electron chi connectivity index (χ4n) is 5.43. The van der Waals surface area contributed by atoms with Gasteiger partial charge in [-0.1, -0.05) is 0 Å². The molecule has 2 fully saturated rings. The second-order valence-corrected chi connectivity index (χ2v) is 9.86. The third-order valence-electron chi connectivity index (χ3n) is 6.31. The highest BCUT2D eigenvalue weighted by molar-refractivity contribution is 5.82. The van der Waals surface area contributed by atoms with Crippen LogP contribution in [0.2, 0.25) is 0 Å². The Bertz CT molecular complexity index is 891. The molecule has 150 valence electrons. The molecule has 4 rings (SSSR count). The van der Waals surface area contributed by atoms with Gasteiger partial charge in [-0.15, -0.1) is 0 Å². The number of fused-ring (bicyclic) bond motifs is 2. The topological polar surface area (TPSA) is 62.2 Å². The van der Waals surface area contributed by atoms with Gasteiger partial charge < -0.3 is 10.4 Å². The van der Waals surface area contributed by atoms with Crippen molar-refractivity contribution in [2.45, 2.75) is 69.9 Å². The highest BCUT2D eigenvalue weighted by Crippen LogP contribution is 2.55. The van der Waals surface area contributed by atoms with E-state index in [1.54, 1.807) is 18.3 Å². The van der Waals surface area contributed by atoms with E-state index < -0.39 is 5.60 Å². The summed E-state index contributed by atoms with van der Waals surface area (Å²) < 4.78 is 13.8. The summed E-state index contributed by atoms with van der Waals surface area (Å²) in [5.74, 6) is 0.861. The van der Waals surface area contributed by atoms with Crippen molar-refractivity contribution in [2.24, 2.45) is 11.8 Å². The zero-order chi connectivity index (χ0) is 20.1. The van der Waals surface area contributed by atoms with E-state index in [0.29, 0.717) is 30.6 Å². The summed E-state index contributed by atoms with van der Waals surface area (Å²) in [6, 6.07) is 6.77. The number of nitrogens with one attached hydrogen (secondary N) is 1. The maximum atomic E-state index is 13.8. The first-order valence-corrected chi connectivity index (χ1v) is 10.2. The van der Waals surface area contributed by atoms with Crippen LogP contribution in [0.25, 0.3) is 10.9 Å². The zero-order valence-corrected chi connectivity index (χ0v) is 16.8. The maximum Gasteiger partial charge on any atom is 0.223 e. The summed E-state index contributed by atoms with van der Waals surface area (Å²) in [4.78, 5) is 16.7. The monoisotopic (exact) mass is 384 g/mol. The summed E-state index contributed by atoms with van der Waals surface area (Å²) in [5, 5.41) is 14.9. The number of hydrogen-bond acceptors (Lipinski definition) is 3. The molecule has 2 aliphatic carbocycles. The van der Waals surface area contributed by atoms with E-state index in [2.05, 4.69) is 10.3 Å². The standard InChI is InChI=1S/C23H29FN2O2/c1-22(2,3)26-21(27)13-23(28)11-15-8-14(9-16(15)12-23)18-6-7-25-20-5-4-17(24)10-19(18)20/h4-7,10,14-16,28H,8-9,11-13H2,1-3H3,(H,26,27)/t14?,15-,16+,23?. The van der Waals surface area contributed by atoms with Crippen LogP contribution in [0.4, 0.5) is 4.39 Å². The first-order valence-electron chi connectivity index (χ1n) is 10.2. The summed E-state index contributed by atoms with van der Waals surface area (Å²) in [7, 11) is 0. The van der Waals surface area contributed by atoms with Crippen LogP contribution >= 0.6 is 0 Å². The fraction of sp³-hybridized carbons (Fsp3) is 0.565. The quantitative estimate of drug-likeness (QED) is 0.829. The molecule has 2 saturated carbocycles. The van der Waals surface area contributed by atoms with E-state index in [1.165, 1.54) is 6.07 Å². The molecule has 28 heavy (non-hydrogen) atoms. The van der Waals surface area contributed by atoms with Gasteiger partial charge in [0.1, 0.15) is 5.82 Å². The number of benzene rings is 1. The molecule has 0 aliphatic heterocycles. The lowest BCUT2D eigenvalue weighted by Crippen LogP contribution is -2.44. The van der Waals surface area contributed by atoms with E-state index >= 15 is 0 Å². The third-order valence-corrected chi connectivity index (χ3v) is 6.31. The number of halogens is 1. The summed E-state index contributed by atoms with van der Waals surface area (Å²) in [6.07, 6.45) is 5.27. The second-order valence-electron chi connectivity index (χ2n) is 9.86. The Kier molecular flexibility index (Phi) is 4.69. The van der Waals surface area contributed by atoms with Crippen molar-refractivity contribution < 1.29 is 14.3 Å². The van der Waals surface area contributed by atoms with Crippen LogP contribution in [0.5, 0.6) is 0 Å². The number of hydrogen-bond donors (Lipinski definition) is 2. The summed E-state index contributed by atoms with van der Waals surface area (Å²) in [5.41, 5.74) is 0.798. The fourth-order valence-corrected chi connectivity index (χ4v) is 5.43. The van der Waals surface area contributed by atoms with Crippen molar-refractivity contribution >= 4 is 16.8 Å². The molecule has 1 heterocycles. The Hall–Kier alpha value is -2.01. The van der Waals surface area contributed by atoms with E-state index in [4.69, 9.17) is 0 Å². The Labute approximate surface area is 165 Å². The van der Waals surface area contributed by atoms with Crippen LogP contribution < -0.4 is 5.32 Å². The number of nitrogens with zero attached hydrogens (tertiary/aromatic N) is 1. The van der Waals surface area contributed by atoms with E-state index in [9.17, 15) is 14.3 Å². The van der Waals surface area contributed by atoms with Crippen LogP contribution in [-0.4, -0.2) is 27.1 Å². The van der Waals surface area contributed by atoms with Gasteiger partial charge in [-0.3, -0.25) is 9.78 Å². The number of amides is 1. The molecular formula is C23H29FN2O2. The average Bonchev–Trinajstić information content (AvgIpc) is 3.06. The van der Waals surface area contributed by atoms with E-state index in [1.807, 2.05) is 26.8 Å². The van der Waals surface area contributed by atoms with Gasteiger partial charge in [0.05, 0.1) is 17.5 Å². The van der Waals surface area contributed by atoms with Crippen molar-refractivity contribution in [3.8, 4) is 0 Å². The number of carbonyl (C=O) groups is 1. The molecule has 2 aliphatic rings. The Morgan fingerprint density at radius 3 is 2.57 bits per heavy atom. The molecule has 2 N–H and O–H groups in total. The normalized spacial score (nSPS) is 29.8. The molecule has 1 aromatic carbocycles. The van der Waals surface area contributed by atoms with Gasteiger partial charge in [0.15, 0.2) is 0 Å². The minimum atomic E-state index is -0.901. The smallest absolute Gasteiger partial charge is 0.223 e. The lowest BCUT2D eigenvalue weighted by molar-refractivity contribution is -0.127. The average molecular weight is 384 g/mol. The van der Waals surface area contributed by atoms with Gasteiger partial charge in [0.2, 0.25) is 5.91 Å². The molecule has 2 aromatic rings. The van der Waals surface area contributed by atoms with Crippen LogP contribution in [0.15, 0.2) is 30.5 Å². The molecule has 1 amide bonds. The summed E-state index contributed by atoms with van der Waals surface area (Å²) in [6.45, 7) is 5.85. The van der Waals surface area contributed by atoms with Gasteiger partial charge in [-0.05, 0) is 94.0 Å². The minimum absolute atomic E-state index is 0.0814. The molecule has 0 saturated heterocycles. The molecular weight excluding hydrogens is 355 g/mol. The van der Waals surface area contributed by atoms with Gasteiger partial charge in [-0.25, -0.2) is 4.39 Å². The van der Waals surface area contributed by atoms with Crippen molar-refractivity contribution in [1.82, 2.24) is 10.3 Å². The predicted octanol–water partition coefficient (Wildman–Crippen LogP) is 4.31. The third kappa shape index (κ3) is 3.90. The van der Waals surface area contributed by atoms with Crippen LogP contribution in [-0.2, 0) is 4.79 Å². The van der Waals surface area contributed by atoms with Gasteiger partial charge in [-0.2, -0.15) is 0 Å². The Balaban J connectivity index is 1.46. The second kappa shape index (κ2) is 6.80. The molecule has 5 heteroatoms. The molecule has 4 nitrogen and oxygen atoms in total. The van der Waals surface area contributed by atoms with Crippen LogP contribution in [0.3, 0.4) is 0 Å². The molecule has 0 bridgehead atoms. The van der Waals surface area contributed by atoms with E-state index in [0.717, 1.165) is 29.3 Å². The number of pyridine rings is 1. The van der Waals surface area contributed by atoms with Gasteiger partial charge in [0, 0.05) is 17.1 Å². The predicted molar refractivity (Wildman–Crippen MR) is 107 cm³/mol. The van der Waals surface area contributed by atoms with Crippen molar-refractivity contribution in [2.75, 3.05) is 0 Å². The number of aliphatic hydroxyl groups is 1. The molecule has 2 unspecified atom stereocenters. The highest BCUT2D eigenvalue weighted by Gasteiger charge is 2.49. The van der Waals surface area contributed by atoms with Crippen molar-refractivity contribution in [1.29, 1.82) is 0 Å². The largest absolute Gasteiger partial charge is 0.389 e. The van der Waals surface area contributed by atoms with Crippen molar-refractivity contribution in [3.63, 3.8) is 0 Å². The lowest BCUT2D eigenvalue weighted by Gasteiger charge is -2.27. The first kappa shape index (κ1) is 19.3. The SMILES string of the molecule is CC(C)(C)NC(=O)CC1(O)C[C@H]2CC(c3ccnc4ccc(F)cc34)C[C@H]2C1. The van der Waals surface area contributed by atoms with Crippen LogP contribution in [0.1, 0.15) is 64.4 Å². The molecule has 1 aromatic heterocycles. The highest BCUT2D eigenvalue weighted by atomic mass is 19.1. The van der Waals surface area contributed by atoms with E-state index in [-0.39, 0.29) is 23.7 Å². The van der Waals surface area contributed by atoms with Crippen LogP contribution in [0, 0.1) is 17.7 Å². The molecule has 0 radical (unpaired) electrons. The van der Waals surface area contributed by atoms with Gasteiger partial charge >= 0.3 is 0 Å². The molecule has 0 spiro atoms.